The van der Waals surface area contributed by atoms with Gasteiger partial charge in [-0.25, -0.2) is 9.97 Å². The number of benzene rings is 1. The van der Waals surface area contributed by atoms with Crippen molar-refractivity contribution in [1.82, 2.24) is 9.97 Å². The van der Waals surface area contributed by atoms with E-state index >= 15 is 0 Å². The number of hydrogen-bond donors (Lipinski definition) is 1. The van der Waals surface area contributed by atoms with E-state index in [0.717, 1.165) is 22.6 Å². The van der Waals surface area contributed by atoms with E-state index in [0.29, 0.717) is 18.9 Å². The van der Waals surface area contributed by atoms with Gasteiger partial charge in [0.2, 0.25) is 5.95 Å². The first-order chi connectivity index (χ1) is 10.6. The topological polar surface area (TPSA) is 58.5 Å². The number of rotatable bonds is 3. The Kier molecular flexibility index (Phi) is 3.98. The molecule has 1 aromatic carbocycles. The summed E-state index contributed by atoms with van der Waals surface area (Å²) >= 11 is 0. The molecule has 0 radical (unpaired) electrons. The van der Waals surface area contributed by atoms with E-state index in [-0.39, 0.29) is 12.1 Å². The van der Waals surface area contributed by atoms with Crippen LogP contribution in [0.2, 0.25) is 0 Å². The fourth-order valence-electron chi connectivity index (χ4n) is 2.85. The van der Waals surface area contributed by atoms with Crippen molar-refractivity contribution >= 4 is 5.95 Å². The number of aromatic nitrogens is 2. The van der Waals surface area contributed by atoms with Crippen LogP contribution in [0.25, 0.3) is 0 Å². The summed E-state index contributed by atoms with van der Waals surface area (Å²) in [4.78, 5) is 11.1. The van der Waals surface area contributed by atoms with E-state index in [1.807, 2.05) is 38.2 Å². The summed E-state index contributed by atoms with van der Waals surface area (Å²) in [6.45, 7) is 4.52. The lowest BCUT2D eigenvalue weighted by molar-refractivity contribution is 0.194. The van der Waals surface area contributed by atoms with Crippen LogP contribution < -0.4 is 9.64 Å². The third-order valence-corrected chi connectivity index (χ3v) is 4.23. The molecule has 1 N–H and O–H groups in total. The smallest absolute Gasteiger partial charge is 0.226 e. The number of aliphatic hydroxyl groups excluding tert-OH is 1. The van der Waals surface area contributed by atoms with Crippen LogP contribution in [0, 0.1) is 13.8 Å². The highest BCUT2D eigenvalue weighted by atomic mass is 16.5. The van der Waals surface area contributed by atoms with E-state index in [4.69, 9.17) is 4.74 Å². The molecule has 0 bridgehead atoms. The van der Waals surface area contributed by atoms with Crippen molar-refractivity contribution in [1.29, 1.82) is 0 Å². The number of β-amino-alcohol motifs (C(OH)–C–C–N with tert-alkyl or cyclic N) is 1. The Morgan fingerprint density at radius 2 is 2.14 bits per heavy atom. The Bertz CT molecular complexity index is 675. The van der Waals surface area contributed by atoms with E-state index in [1.165, 1.54) is 0 Å². The highest BCUT2D eigenvalue weighted by Gasteiger charge is 2.34. The molecule has 22 heavy (non-hydrogen) atoms. The average Bonchev–Trinajstić information content (AvgIpc) is 2.92. The molecule has 2 heterocycles. The molecule has 1 aliphatic rings. The van der Waals surface area contributed by atoms with Gasteiger partial charge in [-0.3, -0.25) is 0 Å². The zero-order valence-corrected chi connectivity index (χ0v) is 13.2. The van der Waals surface area contributed by atoms with Crippen molar-refractivity contribution in [3.8, 4) is 5.75 Å². The number of hydrogen-bond acceptors (Lipinski definition) is 5. The van der Waals surface area contributed by atoms with Crippen molar-refractivity contribution < 1.29 is 9.84 Å². The third kappa shape index (κ3) is 2.76. The third-order valence-electron chi connectivity index (χ3n) is 4.23. The van der Waals surface area contributed by atoms with E-state index in [9.17, 15) is 5.11 Å². The largest absolute Gasteiger partial charge is 0.497 e. The van der Waals surface area contributed by atoms with E-state index < -0.39 is 0 Å². The molecule has 5 nitrogen and oxygen atoms in total. The molecule has 1 fully saturated rings. The molecule has 0 saturated carbocycles. The summed E-state index contributed by atoms with van der Waals surface area (Å²) in [6.07, 6.45) is 2.13. The van der Waals surface area contributed by atoms with Crippen LogP contribution in [-0.4, -0.2) is 34.8 Å². The van der Waals surface area contributed by atoms with Gasteiger partial charge in [-0.1, -0.05) is 12.1 Å². The van der Waals surface area contributed by atoms with Gasteiger partial charge in [-0.2, -0.15) is 0 Å². The van der Waals surface area contributed by atoms with Gasteiger partial charge in [0.05, 0.1) is 19.3 Å². The molecule has 2 atom stereocenters. The van der Waals surface area contributed by atoms with Crippen LogP contribution in [0.5, 0.6) is 5.75 Å². The summed E-state index contributed by atoms with van der Waals surface area (Å²) in [5, 5.41) is 10.1. The van der Waals surface area contributed by atoms with Crippen LogP contribution in [-0.2, 0) is 0 Å². The molecule has 116 valence electrons. The Morgan fingerprint density at radius 1 is 1.32 bits per heavy atom. The fourth-order valence-corrected chi connectivity index (χ4v) is 2.85. The van der Waals surface area contributed by atoms with Gasteiger partial charge in [0.15, 0.2) is 0 Å². The van der Waals surface area contributed by atoms with Crippen LogP contribution in [0.15, 0.2) is 30.5 Å². The Morgan fingerprint density at radius 3 is 2.86 bits per heavy atom. The second kappa shape index (κ2) is 5.93. The Balaban J connectivity index is 1.96. The van der Waals surface area contributed by atoms with Crippen molar-refractivity contribution in [2.45, 2.75) is 32.4 Å². The number of ether oxygens (including phenoxy) is 1. The number of nitrogens with zero attached hydrogens (tertiary/aromatic N) is 3. The van der Waals surface area contributed by atoms with Gasteiger partial charge < -0.3 is 14.7 Å². The maximum Gasteiger partial charge on any atom is 0.226 e. The van der Waals surface area contributed by atoms with E-state index in [1.54, 1.807) is 7.11 Å². The zero-order chi connectivity index (χ0) is 15.7. The molecule has 1 saturated heterocycles. The maximum atomic E-state index is 10.1. The lowest BCUT2D eigenvalue weighted by Gasteiger charge is -2.25. The average molecular weight is 299 g/mol. The summed E-state index contributed by atoms with van der Waals surface area (Å²) in [7, 11) is 1.66. The zero-order valence-electron chi connectivity index (χ0n) is 13.2. The standard InChI is InChI=1S/C17H21N3O2/c1-11-9-18-17(19-12(11)2)20-10-14(21)8-16(20)13-5-4-6-15(7-13)22-3/h4-7,9,14,16,21H,8,10H2,1-3H3/t14-,16-/m1/s1. The van der Waals surface area contributed by atoms with Crippen molar-refractivity contribution in [3.63, 3.8) is 0 Å². The van der Waals surface area contributed by atoms with Crippen LogP contribution in [0.1, 0.15) is 29.3 Å². The molecular weight excluding hydrogens is 278 g/mol. The minimum Gasteiger partial charge on any atom is -0.497 e. The second-order valence-corrected chi connectivity index (χ2v) is 5.77. The first-order valence-electron chi connectivity index (χ1n) is 7.47. The maximum absolute atomic E-state index is 10.1. The summed E-state index contributed by atoms with van der Waals surface area (Å²) < 4.78 is 5.30. The summed E-state index contributed by atoms with van der Waals surface area (Å²) in [5.41, 5.74) is 3.15. The number of aliphatic hydroxyl groups is 1. The predicted molar refractivity (Wildman–Crippen MR) is 85.2 cm³/mol. The van der Waals surface area contributed by atoms with Gasteiger partial charge in [-0.05, 0) is 43.5 Å². The molecular formula is C17H21N3O2. The van der Waals surface area contributed by atoms with Gasteiger partial charge >= 0.3 is 0 Å². The lowest BCUT2D eigenvalue weighted by atomic mass is 10.0. The highest BCUT2D eigenvalue weighted by Crippen LogP contribution is 2.35. The molecule has 0 aliphatic carbocycles. The molecule has 2 aromatic rings. The minimum atomic E-state index is -0.374. The summed E-state index contributed by atoms with van der Waals surface area (Å²) in [6, 6.07) is 8.02. The van der Waals surface area contributed by atoms with Crippen molar-refractivity contribution in [3.05, 3.63) is 47.3 Å². The number of anilines is 1. The van der Waals surface area contributed by atoms with Crippen LogP contribution in [0.4, 0.5) is 5.95 Å². The first kappa shape index (κ1) is 14.8. The Labute approximate surface area is 130 Å². The molecule has 1 aliphatic heterocycles. The predicted octanol–water partition coefficient (Wildman–Crippen LogP) is 2.41. The van der Waals surface area contributed by atoms with Crippen molar-refractivity contribution in [2.75, 3.05) is 18.6 Å². The van der Waals surface area contributed by atoms with Crippen LogP contribution in [0.3, 0.4) is 0 Å². The van der Waals surface area contributed by atoms with E-state index in [2.05, 4.69) is 20.9 Å². The van der Waals surface area contributed by atoms with Gasteiger partial charge in [0, 0.05) is 18.4 Å². The van der Waals surface area contributed by atoms with Gasteiger partial charge in [0.1, 0.15) is 5.75 Å². The highest BCUT2D eigenvalue weighted by molar-refractivity contribution is 5.42. The van der Waals surface area contributed by atoms with Gasteiger partial charge in [-0.15, -0.1) is 0 Å². The molecule has 1 aromatic heterocycles. The quantitative estimate of drug-likeness (QED) is 0.943. The fraction of sp³-hybridized carbons (Fsp3) is 0.412. The number of methoxy groups -OCH3 is 1. The lowest BCUT2D eigenvalue weighted by Crippen LogP contribution is -2.26. The SMILES string of the molecule is COc1cccc([C@H]2C[C@@H](O)CN2c2ncc(C)c(C)n2)c1. The second-order valence-electron chi connectivity index (χ2n) is 5.77. The Hall–Kier alpha value is -2.14. The van der Waals surface area contributed by atoms with Crippen molar-refractivity contribution in [2.24, 2.45) is 0 Å². The molecule has 5 heteroatoms. The molecule has 3 rings (SSSR count). The van der Waals surface area contributed by atoms with Crippen LogP contribution >= 0.6 is 0 Å². The molecule has 0 unspecified atom stereocenters. The normalized spacial score (nSPS) is 21.2. The number of aryl methyl sites for hydroxylation is 2. The summed E-state index contributed by atoms with van der Waals surface area (Å²) in [5.74, 6) is 1.49. The monoisotopic (exact) mass is 299 g/mol. The molecule has 0 spiro atoms. The molecule has 0 amide bonds. The first-order valence-corrected chi connectivity index (χ1v) is 7.47. The minimum absolute atomic E-state index is 0.0622. The van der Waals surface area contributed by atoms with Gasteiger partial charge in [0.25, 0.3) is 0 Å².